The van der Waals surface area contributed by atoms with Crippen molar-refractivity contribution < 1.29 is 4.79 Å². The molecule has 0 bridgehead atoms. The van der Waals surface area contributed by atoms with Gasteiger partial charge in [-0.1, -0.05) is 37.3 Å². The summed E-state index contributed by atoms with van der Waals surface area (Å²) < 4.78 is 0. The van der Waals surface area contributed by atoms with Gasteiger partial charge in [-0.25, -0.2) is 9.97 Å². The second kappa shape index (κ2) is 7.80. The molecule has 1 aliphatic rings. The molecular formula is C23H24N4O. The molecule has 0 atom stereocenters. The van der Waals surface area contributed by atoms with Gasteiger partial charge in [0, 0.05) is 23.6 Å². The average molecular weight is 372 g/mol. The van der Waals surface area contributed by atoms with Crippen molar-refractivity contribution >= 4 is 23.2 Å². The fourth-order valence-electron chi connectivity index (χ4n) is 3.57. The van der Waals surface area contributed by atoms with E-state index in [1.54, 1.807) is 6.07 Å². The Morgan fingerprint density at radius 1 is 1.11 bits per heavy atom. The third kappa shape index (κ3) is 3.74. The highest BCUT2D eigenvalue weighted by atomic mass is 16.2. The number of rotatable bonds is 4. The number of fused-ring (bicyclic) bond motifs is 1. The van der Waals surface area contributed by atoms with Gasteiger partial charge in [0.25, 0.3) is 5.91 Å². The summed E-state index contributed by atoms with van der Waals surface area (Å²) in [5, 5.41) is 3.22. The van der Waals surface area contributed by atoms with Crippen LogP contribution in [0.1, 0.15) is 40.7 Å². The van der Waals surface area contributed by atoms with E-state index in [9.17, 15) is 4.79 Å². The summed E-state index contributed by atoms with van der Waals surface area (Å²) in [5.74, 6) is 0.361. The van der Waals surface area contributed by atoms with Crippen LogP contribution in [-0.2, 0) is 12.8 Å². The van der Waals surface area contributed by atoms with E-state index in [-0.39, 0.29) is 5.91 Å². The van der Waals surface area contributed by atoms with Crippen LogP contribution in [0.4, 0.5) is 17.3 Å². The predicted octanol–water partition coefficient (Wildman–Crippen LogP) is 4.68. The van der Waals surface area contributed by atoms with Crippen LogP contribution < -0.4 is 10.2 Å². The van der Waals surface area contributed by atoms with Crippen LogP contribution in [0.2, 0.25) is 0 Å². The smallest absolute Gasteiger partial charge is 0.277 e. The highest BCUT2D eigenvalue weighted by Gasteiger charge is 2.24. The molecule has 4 rings (SSSR count). The normalized spacial score (nSPS) is 13.1. The molecule has 1 aromatic heterocycles. The number of carbonyl (C=O) groups excluding carboxylic acids is 1. The average Bonchev–Trinajstić information content (AvgIpc) is 2.73. The lowest BCUT2D eigenvalue weighted by Crippen LogP contribution is -2.36. The van der Waals surface area contributed by atoms with Crippen molar-refractivity contribution in [2.75, 3.05) is 16.8 Å². The Morgan fingerprint density at radius 3 is 2.68 bits per heavy atom. The number of hydrogen-bond acceptors (Lipinski definition) is 4. The van der Waals surface area contributed by atoms with Crippen LogP contribution in [0.5, 0.6) is 0 Å². The SMILES string of the molecule is CCc1ccc(Nc2nc(C)cc(C(=O)N3CCCc4ccccc43)n2)cc1. The first-order valence-electron chi connectivity index (χ1n) is 9.75. The summed E-state index contributed by atoms with van der Waals surface area (Å²) in [6, 6.07) is 18.0. The van der Waals surface area contributed by atoms with E-state index in [1.165, 1.54) is 11.1 Å². The summed E-state index contributed by atoms with van der Waals surface area (Å²) in [7, 11) is 0. The third-order valence-corrected chi connectivity index (χ3v) is 5.05. The van der Waals surface area contributed by atoms with Crippen LogP contribution in [0, 0.1) is 6.92 Å². The second-order valence-corrected chi connectivity index (χ2v) is 7.08. The van der Waals surface area contributed by atoms with Crippen LogP contribution in [0.25, 0.3) is 0 Å². The van der Waals surface area contributed by atoms with Crippen molar-refractivity contribution in [1.29, 1.82) is 0 Å². The zero-order valence-corrected chi connectivity index (χ0v) is 16.3. The maximum Gasteiger partial charge on any atom is 0.277 e. The zero-order chi connectivity index (χ0) is 19.5. The minimum atomic E-state index is -0.0815. The Bertz CT molecular complexity index is 998. The summed E-state index contributed by atoms with van der Waals surface area (Å²) in [4.78, 5) is 24.0. The van der Waals surface area contributed by atoms with Crippen molar-refractivity contribution in [3.63, 3.8) is 0 Å². The Morgan fingerprint density at radius 2 is 1.89 bits per heavy atom. The van der Waals surface area contributed by atoms with Crippen molar-refractivity contribution in [2.24, 2.45) is 0 Å². The zero-order valence-electron chi connectivity index (χ0n) is 16.3. The van der Waals surface area contributed by atoms with Gasteiger partial charge in [0.15, 0.2) is 0 Å². The molecule has 5 heteroatoms. The van der Waals surface area contributed by atoms with Gasteiger partial charge in [-0.3, -0.25) is 4.79 Å². The highest BCUT2D eigenvalue weighted by Crippen LogP contribution is 2.28. The number of benzene rings is 2. The van der Waals surface area contributed by atoms with Gasteiger partial charge in [0.1, 0.15) is 5.69 Å². The number of amides is 1. The number of nitrogens with zero attached hydrogens (tertiary/aromatic N) is 3. The number of hydrogen-bond donors (Lipinski definition) is 1. The molecule has 1 amide bonds. The van der Waals surface area contributed by atoms with Crippen LogP contribution in [-0.4, -0.2) is 22.4 Å². The first-order chi connectivity index (χ1) is 13.6. The van der Waals surface area contributed by atoms with Crippen LogP contribution >= 0.6 is 0 Å². The summed E-state index contributed by atoms with van der Waals surface area (Å²) in [5.41, 5.74) is 5.55. The molecule has 0 fully saturated rings. The van der Waals surface area contributed by atoms with Gasteiger partial charge >= 0.3 is 0 Å². The molecule has 0 unspecified atom stereocenters. The molecule has 0 saturated carbocycles. The highest BCUT2D eigenvalue weighted by molar-refractivity contribution is 6.05. The number of para-hydroxylation sites is 1. The minimum absolute atomic E-state index is 0.0815. The van der Waals surface area contributed by atoms with Gasteiger partial charge in [0.2, 0.25) is 5.95 Å². The molecule has 0 saturated heterocycles. The molecule has 1 aliphatic heterocycles. The monoisotopic (exact) mass is 372 g/mol. The minimum Gasteiger partial charge on any atom is -0.324 e. The second-order valence-electron chi connectivity index (χ2n) is 7.08. The first kappa shape index (κ1) is 18.2. The third-order valence-electron chi connectivity index (χ3n) is 5.05. The van der Waals surface area contributed by atoms with Crippen molar-refractivity contribution in [3.8, 4) is 0 Å². The summed E-state index contributed by atoms with van der Waals surface area (Å²) in [6.07, 6.45) is 2.96. The topological polar surface area (TPSA) is 58.1 Å². The molecule has 5 nitrogen and oxygen atoms in total. The van der Waals surface area contributed by atoms with E-state index in [1.807, 2.05) is 42.2 Å². The summed E-state index contributed by atoms with van der Waals surface area (Å²) in [6.45, 7) is 4.72. The number of anilines is 3. The van der Waals surface area contributed by atoms with E-state index in [0.29, 0.717) is 18.2 Å². The Labute approximate surface area is 165 Å². The molecular weight excluding hydrogens is 348 g/mol. The van der Waals surface area contributed by atoms with Gasteiger partial charge in [-0.05, 0) is 61.6 Å². The number of aromatic nitrogens is 2. The van der Waals surface area contributed by atoms with E-state index in [4.69, 9.17) is 0 Å². The first-order valence-corrected chi connectivity index (χ1v) is 9.75. The predicted molar refractivity (Wildman–Crippen MR) is 112 cm³/mol. The molecule has 1 N–H and O–H groups in total. The van der Waals surface area contributed by atoms with Crippen molar-refractivity contribution in [2.45, 2.75) is 33.1 Å². The number of nitrogens with one attached hydrogen (secondary N) is 1. The van der Waals surface area contributed by atoms with Gasteiger partial charge < -0.3 is 10.2 Å². The van der Waals surface area contributed by atoms with Crippen LogP contribution in [0.15, 0.2) is 54.6 Å². The molecule has 2 aromatic carbocycles. The Kier molecular flexibility index (Phi) is 5.06. The number of carbonyl (C=O) groups is 1. The Balaban J connectivity index is 1.61. The number of aryl methyl sites for hydroxylation is 3. The fourth-order valence-corrected chi connectivity index (χ4v) is 3.57. The quantitative estimate of drug-likeness (QED) is 0.722. The lowest BCUT2D eigenvalue weighted by atomic mass is 10.0. The molecule has 28 heavy (non-hydrogen) atoms. The van der Waals surface area contributed by atoms with Crippen LogP contribution in [0.3, 0.4) is 0 Å². The maximum absolute atomic E-state index is 13.2. The van der Waals surface area contributed by atoms with Gasteiger partial charge in [-0.2, -0.15) is 0 Å². The molecule has 0 aliphatic carbocycles. The van der Waals surface area contributed by atoms with E-state index < -0.39 is 0 Å². The van der Waals surface area contributed by atoms with E-state index in [2.05, 4.69) is 40.4 Å². The van der Waals surface area contributed by atoms with Gasteiger partial charge in [-0.15, -0.1) is 0 Å². The lowest BCUT2D eigenvalue weighted by molar-refractivity contribution is 0.0980. The molecule has 142 valence electrons. The van der Waals surface area contributed by atoms with Gasteiger partial charge in [0.05, 0.1) is 0 Å². The fraction of sp³-hybridized carbons (Fsp3) is 0.261. The Hall–Kier alpha value is -3.21. The standard InChI is InChI=1S/C23H24N4O/c1-3-17-10-12-19(13-11-17)25-23-24-16(2)15-20(26-23)22(28)27-14-6-8-18-7-4-5-9-21(18)27/h4-5,7,9-13,15H,3,6,8,14H2,1-2H3,(H,24,25,26). The lowest BCUT2D eigenvalue weighted by Gasteiger charge is -2.29. The largest absolute Gasteiger partial charge is 0.324 e. The van der Waals surface area contributed by atoms with E-state index in [0.717, 1.165) is 36.3 Å². The van der Waals surface area contributed by atoms with Crippen molar-refractivity contribution in [3.05, 3.63) is 77.1 Å². The van der Waals surface area contributed by atoms with E-state index >= 15 is 0 Å². The summed E-state index contributed by atoms with van der Waals surface area (Å²) >= 11 is 0. The molecule has 3 aromatic rings. The van der Waals surface area contributed by atoms with Crippen molar-refractivity contribution in [1.82, 2.24) is 9.97 Å². The molecule has 0 radical (unpaired) electrons. The maximum atomic E-state index is 13.2. The molecule has 2 heterocycles. The molecule has 0 spiro atoms.